The molecule has 1 aliphatic heterocycles. The van der Waals surface area contributed by atoms with Gasteiger partial charge in [0.15, 0.2) is 0 Å². The molecule has 5 heteroatoms. The average molecular weight is 370 g/mol. The monoisotopic (exact) mass is 369 g/mol. The Kier molecular flexibility index (Phi) is 6.38. The van der Waals surface area contributed by atoms with Crippen LogP contribution in [0.4, 0.5) is 4.79 Å². The van der Waals surface area contributed by atoms with Crippen molar-refractivity contribution in [2.45, 2.75) is 56.9 Å². The van der Waals surface area contributed by atoms with Gasteiger partial charge in [-0.3, -0.25) is 0 Å². The summed E-state index contributed by atoms with van der Waals surface area (Å²) in [6, 6.07) is 13.4. The number of nitriles is 1. The fourth-order valence-electron chi connectivity index (χ4n) is 4.84. The first-order valence-electron chi connectivity index (χ1n) is 10.3. The van der Waals surface area contributed by atoms with Crippen molar-refractivity contribution in [1.29, 1.82) is 5.26 Å². The second kappa shape index (κ2) is 8.75. The van der Waals surface area contributed by atoms with E-state index in [2.05, 4.69) is 23.1 Å². The maximum atomic E-state index is 11.2. The van der Waals surface area contributed by atoms with Crippen LogP contribution in [0.1, 0.15) is 51.0 Å². The number of hydrogen-bond donors (Lipinski definition) is 1. The van der Waals surface area contributed by atoms with Gasteiger partial charge >= 0.3 is 6.09 Å². The van der Waals surface area contributed by atoms with Crippen LogP contribution < -0.4 is 0 Å². The third-order valence-electron chi connectivity index (χ3n) is 6.65. The van der Waals surface area contributed by atoms with Crippen LogP contribution in [0.3, 0.4) is 0 Å². The first-order chi connectivity index (χ1) is 13.1. The summed E-state index contributed by atoms with van der Waals surface area (Å²) in [5.74, 6) is 0.475. The molecule has 1 N–H and O–H groups in total. The first-order valence-corrected chi connectivity index (χ1v) is 10.3. The lowest BCUT2D eigenvalue weighted by molar-refractivity contribution is 0.0803. The van der Waals surface area contributed by atoms with Crippen LogP contribution in [0.15, 0.2) is 30.3 Å². The number of amides is 1. The summed E-state index contributed by atoms with van der Waals surface area (Å²) in [4.78, 5) is 15.3. The molecule has 3 rings (SSSR count). The molecule has 0 radical (unpaired) electrons. The molecule has 2 aliphatic rings. The normalized spacial score (nSPS) is 27.0. The summed E-state index contributed by atoms with van der Waals surface area (Å²) in [5, 5.41) is 19.1. The van der Waals surface area contributed by atoms with E-state index in [0.29, 0.717) is 25.0 Å². The minimum Gasteiger partial charge on any atom is -0.465 e. The second-order valence-corrected chi connectivity index (χ2v) is 8.09. The van der Waals surface area contributed by atoms with Crippen molar-refractivity contribution < 1.29 is 9.90 Å². The van der Waals surface area contributed by atoms with Crippen LogP contribution in [-0.4, -0.2) is 53.2 Å². The van der Waals surface area contributed by atoms with Crippen LogP contribution >= 0.6 is 0 Å². The number of piperidine rings is 1. The molecule has 2 fully saturated rings. The largest absolute Gasteiger partial charge is 0.465 e. The van der Waals surface area contributed by atoms with Gasteiger partial charge in [-0.2, -0.15) is 5.26 Å². The Bertz CT molecular complexity index is 654. The molecule has 27 heavy (non-hydrogen) atoms. The topological polar surface area (TPSA) is 67.6 Å². The standard InChI is InChI=1S/C22H31N3O2/c1-2-24(21(26)27)16-18-10-14-25(15-11-18)20-8-12-22(17-23,13-9-20)19-6-4-3-5-7-19/h3-7,18,20H,2,8-16H2,1H3,(H,26,27). The maximum absolute atomic E-state index is 11.2. The second-order valence-electron chi connectivity index (χ2n) is 8.09. The molecule has 0 atom stereocenters. The molecule has 146 valence electrons. The van der Waals surface area contributed by atoms with Crippen molar-refractivity contribution >= 4 is 6.09 Å². The molecular formula is C22H31N3O2. The highest BCUT2D eigenvalue weighted by Crippen LogP contribution is 2.41. The molecular weight excluding hydrogens is 338 g/mol. The van der Waals surface area contributed by atoms with E-state index in [1.165, 1.54) is 4.90 Å². The Balaban J connectivity index is 1.51. The molecule has 1 amide bonds. The summed E-state index contributed by atoms with van der Waals surface area (Å²) in [6.45, 7) is 5.23. The Morgan fingerprint density at radius 1 is 1.22 bits per heavy atom. The van der Waals surface area contributed by atoms with E-state index in [4.69, 9.17) is 0 Å². The Hall–Kier alpha value is -2.06. The van der Waals surface area contributed by atoms with Gasteiger partial charge in [0.25, 0.3) is 0 Å². The summed E-state index contributed by atoms with van der Waals surface area (Å²) in [5.41, 5.74) is 0.845. The van der Waals surface area contributed by atoms with Gasteiger partial charge in [0, 0.05) is 19.1 Å². The molecule has 0 aromatic heterocycles. The zero-order chi connectivity index (χ0) is 19.3. The lowest BCUT2D eigenvalue weighted by Gasteiger charge is -2.43. The van der Waals surface area contributed by atoms with Gasteiger partial charge < -0.3 is 14.9 Å². The molecule has 0 unspecified atom stereocenters. The van der Waals surface area contributed by atoms with Gasteiger partial charge in [-0.25, -0.2) is 4.79 Å². The van der Waals surface area contributed by atoms with Crippen molar-refractivity contribution in [3.63, 3.8) is 0 Å². The molecule has 1 aliphatic carbocycles. The lowest BCUT2D eigenvalue weighted by atomic mass is 9.69. The first kappa shape index (κ1) is 19.7. The molecule has 1 heterocycles. The summed E-state index contributed by atoms with van der Waals surface area (Å²) < 4.78 is 0. The summed E-state index contributed by atoms with van der Waals surface area (Å²) >= 11 is 0. The molecule has 1 saturated heterocycles. The Labute approximate surface area is 162 Å². The maximum Gasteiger partial charge on any atom is 0.407 e. The third-order valence-corrected chi connectivity index (χ3v) is 6.65. The highest BCUT2D eigenvalue weighted by Gasteiger charge is 2.39. The minimum atomic E-state index is -0.805. The van der Waals surface area contributed by atoms with E-state index < -0.39 is 6.09 Å². The van der Waals surface area contributed by atoms with Crippen molar-refractivity contribution in [2.24, 2.45) is 5.92 Å². The Morgan fingerprint density at radius 2 is 1.85 bits per heavy atom. The highest BCUT2D eigenvalue weighted by molar-refractivity contribution is 5.64. The van der Waals surface area contributed by atoms with Crippen LogP contribution in [0, 0.1) is 17.2 Å². The van der Waals surface area contributed by atoms with Crippen molar-refractivity contribution in [1.82, 2.24) is 9.80 Å². The summed E-state index contributed by atoms with van der Waals surface area (Å²) in [7, 11) is 0. The van der Waals surface area contributed by atoms with Gasteiger partial charge in [-0.05, 0) is 70.0 Å². The SMILES string of the molecule is CCN(CC1CCN(C2CCC(C#N)(c3ccccc3)CC2)CC1)C(=O)O. The van der Waals surface area contributed by atoms with E-state index in [9.17, 15) is 15.2 Å². The number of carboxylic acid groups (broad SMARTS) is 1. The number of benzene rings is 1. The van der Waals surface area contributed by atoms with Crippen LogP contribution in [0.5, 0.6) is 0 Å². The van der Waals surface area contributed by atoms with E-state index in [1.54, 1.807) is 0 Å². The number of hydrogen-bond acceptors (Lipinski definition) is 3. The van der Waals surface area contributed by atoms with Crippen molar-refractivity contribution in [2.75, 3.05) is 26.2 Å². The van der Waals surface area contributed by atoms with E-state index in [0.717, 1.165) is 57.2 Å². The summed E-state index contributed by atoms with van der Waals surface area (Å²) in [6.07, 6.45) is 5.35. The number of likely N-dealkylation sites (tertiary alicyclic amines) is 1. The number of carbonyl (C=O) groups is 1. The van der Waals surface area contributed by atoms with Gasteiger partial charge in [-0.15, -0.1) is 0 Å². The zero-order valence-electron chi connectivity index (χ0n) is 16.3. The van der Waals surface area contributed by atoms with Gasteiger partial charge in [-0.1, -0.05) is 30.3 Å². The predicted octanol–water partition coefficient (Wildman–Crippen LogP) is 4.10. The predicted molar refractivity (Wildman–Crippen MR) is 106 cm³/mol. The average Bonchev–Trinajstić information content (AvgIpc) is 2.73. The van der Waals surface area contributed by atoms with E-state index in [-0.39, 0.29) is 5.41 Å². The lowest BCUT2D eigenvalue weighted by Crippen LogP contribution is -2.47. The number of nitrogens with zero attached hydrogens (tertiary/aromatic N) is 3. The quantitative estimate of drug-likeness (QED) is 0.848. The molecule has 5 nitrogen and oxygen atoms in total. The highest BCUT2D eigenvalue weighted by atomic mass is 16.4. The number of rotatable bonds is 5. The molecule has 1 aromatic rings. The fraction of sp³-hybridized carbons (Fsp3) is 0.636. The van der Waals surface area contributed by atoms with Crippen LogP contribution in [0.25, 0.3) is 0 Å². The fourth-order valence-corrected chi connectivity index (χ4v) is 4.84. The zero-order valence-corrected chi connectivity index (χ0v) is 16.3. The minimum absolute atomic E-state index is 0.320. The van der Waals surface area contributed by atoms with E-state index >= 15 is 0 Å². The van der Waals surface area contributed by atoms with Gasteiger partial charge in [0.2, 0.25) is 0 Å². The van der Waals surface area contributed by atoms with Gasteiger partial charge in [0.05, 0.1) is 11.5 Å². The Morgan fingerprint density at radius 3 is 2.37 bits per heavy atom. The molecule has 0 spiro atoms. The molecule has 0 bridgehead atoms. The third kappa shape index (κ3) is 4.44. The van der Waals surface area contributed by atoms with Crippen molar-refractivity contribution in [3.05, 3.63) is 35.9 Å². The van der Waals surface area contributed by atoms with Crippen LogP contribution in [-0.2, 0) is 5.41 Å². The van der Waals surface area contributed by atoms with Crippen molar-refractivity contribution in [3.8, 4) is 6.07 Å². The molecule has 1 aromatic carbocycles. The smallest absolute Gasteiger partial charge is 0.407 e. The van der Waals surface area contributed by atoms with Gasteiger partial charge in [0.1, 0.15) is 0 Å². The van der Waals surface area contributed by atoms with Crippen LogP contribution in [0.2, 0.25) is 0 Å². The van der Waals surface area contributed by atoms with E-state index in [1.807, 2.05) is 25.1 Å². The molecule has 1 saturated carbocycles.